The summed E-state index contributed by atoms with van der Waals surface area (Å²) in [6, 6.07) is 3.09. The number of aromatic nitrogens is 2. The number of aliphatic imine (C=N–C) groups is 1. The van der Waals surface area contributed by atoms with Crippen molar-refractivity contribution in [3.63, 3.8) is 0 Å². The molecule has 2 aliphatic heterocycles. The molecule has 1 aromatic carbocycles. The van der Waals surface area contributed by atoms with Crippen LogP contribution in [0.15, 0.2) is 17.1 Å². The highest BCUT2D eigenvalue weighted by atomic mass is 35.5. The van der Waals surface area contributed by atoms with Crippen LogP contribution in [0.5, 0.6) is 0 Å². The number of nitrogens with one attached hydrogen (secondary N) is 1. The molecule has 1 N–H and O–H groups in total. The van der Waals surface area contributed by atoms with Gasteiger partial charge in [-0.1, -0.05) is 11.6 Å². The summed E-state index contributed by atoms with van der Waals surface area (Å²) in [5, 5.41) is 8.85. The van der Waals surface area contributed by atoms with E-state index in [0.29, 0.717) is 29.0 Å². The number of nitrogens with zero attached hydrogens (tertiary/aromatic N) is 4. The number of halogens is 3. The maximum absolute atomic E-state index is 14.3. The van der Waals surface area contributed by atoms with Crippen molar-refractivity contribution < 1.29 is 8.78 Å². The van der Waals surface area contributed by atoms with Gasteiger partial charge in [0.15, 0.2) is 5.82 Å². The molecule has 0 radical (unpaired) electrons. The van der Waals surface area contributed by atoms with Crippen LogP contribution in [0.25, 0.3) is 10.9 Å². The Morgan fingerprint density at radius 3 is 2.68 bits per heavy atom. The van der Waals surface area contributed by atoms with Gasteiger partial charge >= 0.3 is 0 Å². The predicted octanol–water partition coefficient (Wildman–Crippen LogP) is 3.40. The lowest BCUT2D eigenvalue weighted by Crippen LogP contribution is -2.25. The second kappa shape index (κ2) is 6.12. The molecular weight excluding hydrogens is 348 g/mol. The molecule has 5 nitrogen and oxygen atoms in total. The molecule has 0 unspecified atom stereocenters. The lowest BCUT2D eigenvalue weighted by atomic mass is 10.1. The van der Waals surface area contributed by atoms with Crippen LogP contribution in [-0.2, 0) is 12.5 Å². The Labute approximate surface area is 149 Å². The van der Waals surface area contributed by atoms with E-state index in [1.54, 1.807) is 10.7 Å². The van der Waals surface area contributed by atoms with E-state index in [0.717, 1.165) is 51.1 Å². The topological polar surface area (TPSA) is 45.5 Å². The summed E-state index contributed by atoms with van der Waals surface area (Å²) in [6.45, 7) is 4.50. The summed E-state index contributed by atoms with van der Waals surface area (Å²) in [6.07, 6.45) is 2.17. The summed E-state index contributed by atoms with van der Waals surface area (Å²) in [5.74, 6) is -1.49. The smallest absolute Gasteiger partial charge is 0.272 e. The van der Waals surface area contributed by atoms with Crippen molar-refractivity contribution in [1.82, 2.24) is 15.1 Å². The van der Waals surface area contributed by atoms with Gasteiger partial charge < -0.3 is 10.2 Å². The molecule has 1 fully saturated rings. The second-order valence-electron chi connectivity index (χ2n) is 6.67. The van der Waals surface area contributed by atoms with Crippen molar-refractivity contribution in [2.45, 2.75) is 32.2 Å². The largest absolute Gasteiger partial charge is 0.370 e. The third-order valence-electron chi connectivity index (χ3n) is 4.71. The Morgan fingerprint density at radius 1 is 1.28 bits per heavy atom. The Balaban J connectivity index is 1.92. The minimum atomic E-state index is -3.01. The highest BCUT2D eigenvalue weighted by molar-refractivity contribution is 6.31. The number of hydrogen-bond acceptors (Lipinski definition) is 4. The molecule has 25 heavy (non-hydrogen) atoms. The van der Waals surface area contributed by atoms with Crippen molar-refractivity contribution in [1.29, 1.82) is 0 Å². The highest BCUT2D eigenvalue weighted by Gasteiger charge is 2.32. The molecule has 0 amide bonds. The maximum atomic E-state index is 14.3. The van der Waals surface area contributed by atoms with Gasteiger partial charge in [0.2, 0.25) is 0 Å². The van der Waals surface area contributed by atoms with E-state index in [-0.39, 0.29) is 5.56 Å². The van der Waals surface area contributed by atoms with Crippen molar-refractivity contribution in [3.8, 4) is 0 Å². The van der Waals surface area contributed by atoms with E-state index < -0.39 is 5.92 Å². The number of hydrogen-bond donors (Lipinski definition) is 1. The third kappa shape index (κ3) is 3.05. The van der Waals surface area contributed by atoms with E-state index in [9.17, 15) is 8.78 Å². The summed E-state index contributed by atoms with van der Waals surface area (Å²) >= 11 is 6.16. The average molecular weight is 368 g/mol. The zero-order chi connectivity index (χ0) is 17.6. The molecule has 1 saturated heterocycles. The van der Waals surface area contributed by atoms with Gasteiger partial charge in [0, 0.05) is 42.5 Å². The van der Waals surface area contributed by atoms with E-state index in [2.05, 4.69) is 20.3 Å². The molecule has 1 aromatic heterocycles. The summed E-state index contributed by atoms with van der Waals surface area (Å²) in [7, 11) is 0. The SMILES string of the molecule is CC(F)(F)c1cc(Cl)cc2c(N3CCCC3)nn(CC3=NCCN3)c12. The summed E-state index contributed by atoms with van der Waals surface area (Å²) < 4.78 is 30.2. The van der Waals surface area contributed by atoms with Crippen LogP contribution in [0.4, 0.5) is 14.6 Å². The fourth-order valence-corrected chi connectivity index (χ4v) is 3.79. The van der Waals surface area contributed by atoms with Crippen LogP contribution < -0.4 is 10.2 Å². The first kappa shape index (κ1) is 16.6. The highest BCUT2D eigenvalue weighted by Crippen LogP contribution is 2.39. The van der Waals surface area contributed by atoms with Gasteiger partial charge in [0.1, 0.15) is 5.84 Å². The Kier molecular flexibility index (Phi) is 4.06. The Hall–Kier alpha value is -1.89. The van der Waals surface area contributed by atoms with E-state index in [4.69, 9.17) is 11.6 Å². The molecular formula is C17H20ClF2N5. The molecule has 0 atom stereocenters. The molecule has 0 spiro atoms. The van der Waals surface area contributed by atoms with Crippen molar-refractivity contribution in [3.05, 3.63) is 22.7 Å². The molecule has 2 aromatic rings. The van der Waals surface area contributed by atoms with Crippen LogP contribution in [-0.4, -0.2) is 41.8 Å². The minimum Gasteiger partial charge on any atom is -0.370 e. The third-order valence-corrected chi connectivity index (χ3v) is 4.93. The number of rotatable bonds is 4. The fraction of sp³-hybridized carbons (Fsp3) is 0.529. The van der Waals surface area contributed by atoms with Crippen LogP contribution in [0.1, 0.15) is 25.3 Å². The van der Waals surface area contributed by atoms with Crippen LogP contribution in [0.2, 0.25) is 5.02 Å². The molecule has 0 bridgehead atoms. The van der Waals surface area contributed by atoms with Crippen molar-refractivity contribution in [2.75, 3.05) is 31.1 Å². The van der Waals surface area contributed by atoms with Gasteiger partial charge in [-0.15, -0.1) is 0 Å². The zero-order valence-corrected chi connectivity index (χ0v) is 14.8. The van der Waals surface area contributed by atoms with Gasteiger partial charge in [-0.25, -0.2) is 8.78 Å². The predicted molar refractivity (Wildman–Crippen MR) is 96.1 cm³/mol. The molecule has 8 heteroatoms. The first-order valence-electron chi connectivity index (χ1n) is 8.54. The maximum Gasteiger partial charge on any atom is 0.272 e. The average Bonchev–Trinajstić information content (AvgIpc) is 3.27. The number of anilines is 1. The lowest BCUT2D eigenvalue weighted by molar-refractivity contribution is 0.0187. The van der Waals surface area contributed by atoms with Crippen LogP contribution in [0, 0.1) is 0 Å². The standard InChI is InChI=1S/C17H20ClF2N5/c1-17(19,20)13-9-11(18)8-12-15(13)25(10-14-21-4-5-22-14)23-16(12)24-6-2-3-7-24/h8-9H,2-7,10H2,1H3,(H,21,22). The lowest BCUT2D eigenvalue weighted by Gasteiger charge is -2.16. The van der Waals surface area contributed by atoms with E-state index in [1.165, 1.54) is 6.07 Å². The number of fused-ring (bicyclic) bond motifs is 1. The molecule has 134 valence electrons. The minimum absolute atomic E-state index is 0.0912. The van der Waals surface area contributed by atoms with Crippen molar-refractivity contribution >= 4 is 34.2 Å². The van der Waals surface area contributed by atoms with E-state index >= 15 is 0 Å². The van der Waals surface area contributed by atoms with Gasteiger partial charge in [-0.3, -0.25) is 9.67 Å². The second-order valence-corrected chi connectivity index (χ2v) is 7.10. The molecule has 0 aliphatic carbocycles. The normalized spacial score (nSPS) is 18.1. The van der Waals surface area contributed by atoms with Gasteiger partial charge in [-0.05, 0) is 25.0 Å². The van der Waals surface area contributed by atoms with Gasteiger partial charge in [0.05, 0.1) is 18.6 Å². The van der Waals surface area contributed by atoms with E-state index in [1.807, 2.05) is 0 Å². The Bertz CT molecular complexity index is 834. The summed E-state index contributed by atoms with van der Waals surface area (Å²) in [5.41, 5.74) is 0.349. The zero-order valence-electron chi connectivity index (χ0n) is 14.0. The van der Waals surface area contributed by atoms with Crippen LogP contribution in [0.3, 0.4) is 0 Å². The Morgan fingerprint density at radius 2 is 2.04 bits per heavy atom. The van der Waals surface area contributed by atoms with Crippen molar-refractivity contribution in [2.24, 2.45) is 4.99 Å². The molecule has 0 saturated carbocycles. The molecule has 2 aliphatic rings. The van der Waals surface area contributed by atoms with Gasteiger partial charge in [0.25, 0.3) is 5.92 Å². The number of benzene rings is 1. The summed E-state index contributed by atoms with van der Waals surface area (Å²) in [4.78, 5) is 6.52. The first-order chi connectivity index (χ1) is 11.9. The number of alkyl halides is 2. The quantitative estimate of drug-likeness (QED) is 0.900. The van der Waals surface area contributed by atoms with Crippen LogP contribution >= 0.6 is 11.6 Å². The molecule has 4 rings (SSSR count). The fourth-order valence-electron chi connectivity index (χ4n) is 3.57. The first-order valence-corrected chi connectivity index (χ1v) is 8.92. The monoisotopic (exact) mass is 367 g/mol. The molecule has 3 heterocycles. The van der Waals surface area contributed by atoms with Gasteiger partial charge in [-0.2, -0.15) is 5.10 Å². The number of amidine groups is 1.